The molecule has 0 aliphatic heterocycles. The molecule has 0 aliphatic rings. The van der Waals surface area contributed by atoms with Crippen molar-refractivity contribution in [3.63, 3.8) is 0 Å². The van der Waals surface area contributed by atoms with Crippen LogP contribution >= 0.6 is 11.3 Å². The molecule has 2 rings (SSSR count). The van der Waals surface area contributed by atoms with Crippen LogP contribution in [0.25, 0.3) is 0 Å². The molecule has 6 nitrogen and oxygen atoms in total. The molecule has 7 heteroatoms. The number of nitrogens with one attached hydrogen (secondary N) is 3. The van der Waals surface area contributed by atoms with E-state index in [0.717, 1.165) is 6.42 Å². The van der Waals surface area contributed by atoms with Gasteiger partial charge in [0.05, 0.1) is 4.88 Å². The fourth-order valence-corrected chi connectivity index (χ4v) is 2.92. The van der Waals surface area contributed by atoms with Gasteiger partial charge in [-0.25, -0.2) is 0 Å². The molecule has 0 saturated carbocycles. The van der Waals surface area contributed by atoms with E-state index in [1.807, 2.05) is 25.3 Å². The Bertz CT molecular complexity index is 757. The molecule has 1 aromatic heterocycles. The summed E-state index contributed by atoms with van der Waals surface area (Å²) in [5.74, 6) is -0.363. The van der Waals surface area contributed by atoms with Gasteiger partial charge in [-0.05, 0) is 55.5 Å². The zero-order valence-electron chi connectivity index (χ0n) is 15.6. The highest BCUT2D eigenvalue weighted by Crippen LogP contribution is 2.11. The second-order valence-electron chi connectivity index (χ2n) is 6.25. The standard InChI is InChI=1S/C20H25N3O3S/c1-3-14(2)22-19(25)15-8-10-16(11-9-15)23-18(24)7-4-12-21-20(26)17-6-5-13-27-17/h5-6,8-11,13-14H,3-4,7,12H2,1-2H3,(H,21,26)(H,22,25)(H,23,24). The Kier molecular flexibility index (Phi) is 8.00. The number of anilines is 1. The smallest absolute Gasteiger partial charge is 0.261 e. The first-order valence-electron chi connectivity index (χ1n) is 9.02. The maximum absolute atomic E-state index is 12.0. The average Bonchev–Trinajstić information content (AvgIpc) is 3.20. The minimum Gasteiger partial charge on any atom is -0.351 e. The first-order chi connectivity index (χ1) is 13.0. The van der Waals surface area contributed by atoms with Crippen LogP contribution in [0.2, 0.25) is 0 Å². The van der Waals surface area contributed by atoms with E-state index < -0.39 is 0 Å². The third-order valence-electron chi connectivity index (χ3n) is 4.03. The zero-order chi connectivity index (χ0) is 19.6. The number of carbonyl (C=O) groups excluding carboxylic acids is 3. The molecule has 3 N–H and O–H groups in total. The molecule has 0 saturated heterocycles. The van der Waals surface area contributed by atoms with Gasteiger partial charge in [0.1, 0.15) is 0 Å². The van der Waals surface area contributed by atoms with Crippen molar-refractivity contribution < 1.29 is 14.4 Å². The lowest BCUT2D eigenvalue weighted by atomic mass is 10.1. The SMILES string of the molecule is CCC(C)NC(=O)c1ccc(NC(=O)CCCNC(=O)c2cccs2)cc1. The summed E-state index contributed by atoms with van der Waals surface area (Å²) in [5.41, 5.74) is 1.20. The summed E-state index contributed by atoms with van der Waals surface area (Å²) in [7, 11) is 0. The first kappa shape index (κ1) is 20.6. The Morgan fingerprint density at radius 1 is 1.07 bits per heavy atom. The maximum Gasteiger partial charge on any atom is 0.261 e. The Labute approximate surface area is 163 Å². The van der Waals surface area contributed by atoms with Crippen LogP contribution in [-0.4, -0.2) is 30.3 Å². The third-order valence-corrected chi connectivity index (χ3v) is 4.90. The minimum atomic E-state index is -0.128. The molecular weight excluding hydrogens is 362 g/mol. The molecule has 144 valence electrons. The second-order valence-corrected chi connectivity index (χ2v) is 7.19. The van der Waals surface area contributed by atoms with Gasteiger partial charge in [0.2, 0.25) is 5.91 Å². The lowest BCUT2D eigenvalue weighted by molar-refractivity contribution is -0.116. The van der Waals surface area contributed by atoms with Crippen molar-refractivity contribution in [2.24, 2.45) is 0 Å². The maximum atomic E-state index is 12.0. The zero-order valence-corrected chi connectivity index (χ0v) is 16.4. The monoisotopic (exact) mass is 387 g/mol. The molecule has 0 fully saturated rings. The number of hydrogen-bond acceptors (Lipinski definition) is 4. The molecule has 0 bridgehead atoms. The van der Waals surface area contributed by atoms with Crippen LogP contribution in [0.15, 0.2) is 41.8 Å². The summed E-state index contributed by atoms with van der Waals surface area (Å²) in [5, 5.41) is 10.3. The summed E-state index contributed by atoms with van der Waals surface area (Å²) in [6.07, 6.45) is 1.73. The predicted octanol–water partition coefficient (Wildman–Crippen LogP) is 3.43. The summed E-state index contributed by atoms with van der Waals surface area (Å²) >= 11 is 1.38. The molecule has 1 unspecified atom stereocenters. The van der Waals surface area contributed by atoms with Gasteiger partial charge >= 0.3 is 0 Å². The Balaban J connectivity index is 1.71. The molecule has 1 aromatic carbocycles. The van der Waals surface area contributed by atoms with Crippen molar-refractivity contribution in [2.75, 3.05) is 11.9 Å². The van der Waals surface area contributed by atoms with Crippen LogP contribution < -0.4 is 16.0 Å². The summed E-state index contributed by atoms with van der Waals surface area (Å²) < 4.78 is 0. The van der Waals surface area contributed by atoms with Crippen LogP contribution in [0.3, 0.4) is 0 Å². The van der Waals surface area contributed by atoms with Crippen LogP contribution in [0, 0.1) is 0 Å². The summed E-state index contributed by atoms with van der Waals surface area (Å²) in [4.78, 5) is 36.5. The van der Waals surface area contributed by atoms with E-state index in [9.17, 15) is 14.4 Å². The van der Waals surface area contributed by atoms with E-state index in [1.54, 1.807) is 30.3 Å². The highest BCUT2D eigenvalue weighted by Gasteiger charge is 2.09. The number of rotatable bonds is 9. The van der Waals surface area contributed by atoms with E-state index in [-0.39, 0.29) is 23.8 Å². The van der Waals surface area contributed by atoms with Gasteiger partial charge in [-0.1, -0.05) is 13.0 Å². The fourth-order valence-electron chi connectivity index (χ4n) is 2.28. The number of hydrogen-bond donors (Lipinski definition) is 3. The Morgan fingerprint density at radius 2 is 1.81 bits per heavy atom. The normalized spacial score (nSPS) is 11.5. The number of thiophene rings is 1. The highest BCUT2D eigenvalue weighted by molar-refractivity contribution is 7.12. The molecule has 0 aliphatic carbocycles. The van der Waals surface area contributed by atoms with Crippen molar-refractivity contribution in [1.29, 1.82) is 0 Å². The second kappa shape index (κ2) is 10.5. The minimum absolute atomic E-state index is 0.114. The molecule has 0 radical (unpaired) electrons. The average molecular weight is 388 g/mol. The Hall–Kier alpha value is -2.67. The van der Waals surface area contributed by atoms with E-state index in [4.69, 9.17) is 0 Å². The molecule has 1 atom stereocenters. The van der Waals surface area contributed by atoms with Gasteiger partial charge in [-0.3, -0.25) is 14.4 Å². The summed E-state index contributed by atoms with van der Waals surface area (Å²) in [6.45, 7) is 4.41. The molecule has 27 heavy (non-hydrogen) atoms. The van der Waals surface area contributed by atoms with Gasteiger partial charge < -0.3 is 16.0 Å². The lowest BCUT2D eigenvalue weighted by Gasteiger charge is -2.12. The molecule has 0 spiro atoms. The quantitative estimate of drug-likeness (QED) is 0.576. The van der Waals surface area contributed by atoms with Crippen LogP contribution in [0.1, 0.15) is 53.1 Å². The van der Waals surface area contributed by atoms with E-state index in [0.29, 0.717) is 35.5 Å². The van der Waals surface area contributed by atoms with E-state index >= 15 is 0 Å². The lowest BCUT2D eigenvalue weighted by Crippen LogP contribution is -2.31. The molecule has 2 aromatic rings. The van der Waals surface area contributed by atoms with Gasteiger partial charge in [0.15, 0.2) is 0 Å². The van der Waals surface area contributed by atoms with Crippen molar-refractivity contribution in [3.8, 4) is 0 Å². The van der Waals surface area contributed by atoms with Crippen LogP contribution in [0.5, 0.6) is 0 Å². The summed E-state index contributed by atoms with van der Waals surface area (Å²) in [6, 6.07) is 10.5. The molecule has 3 amide bonds. The number of benzene rings is 1. The number of carbonyl (C=O) groups is 3. The molecular formula is C20H25N3O3S. The van der Waals surface area contributed by atoms with Crippen molar-refractivity contribution >= 4 is 34.7 Å². The van der Waals surface area contributed by atoms with E-state index in [2.05, 4.69) is 16.0 Å². The molecule has 1 heterocycles. The predicted molar refractivity (Wildman–Crippen MR) is 108 cm³/mol. The van der Waals surface area contributed by atoms with Gasteiger partial charge in [0.25, 0.3) is 11.8 Å². The largest absolute Gasteiger partial charge is 0.351 e. The first-order valence-corrected chi connectivity index (χ1v) is 9.90. The topological polar surface area (TPSA) is 87.3 Å². The van der Waals surface area contributed by atoms with Crippen molar-refractivity contribution in [3.05, 3.63) is 52.2 Å². The number of amides is 3. The fraction of sp³-hybridized carbons (Fsp3) is 0.350. The highest BCUT2D eigenvalue weighted by atomic mass is 32.1. The Morgan fingerprint density at radius 3 is 2.44 bits per heavy atom. The van der Waals surface area contributed by atoms with Crippen molar-refractivity contribution in [1.82, 2.24) is 10.6 Å². The van der Waals surface area contributed by atoms with Crippen molar-refractivity contribution in [2.45, 2.75) is 39.2 Å². The van der Waals surface area contributed by atoms with Gasteiger partial charge in [-0.15, -0.1) is 11.3 Å². The van der Waals surface area contributed by atoms with Gasteiger partial charge in [0, 0.05) is 30.3 Å². The van der Waals surface area contributed by atoms with Crippen LogP contribution in [-0.2, 0) is 4.79 Å². The van der Waals surface area contributed by atoms with Gasteiger partial charge in [-0.2, -0.15) is 0 Å². The van der Waals surface area contributed by atoms with E-state index in [1.165, 1.54) is 11.3 Å². The van der Waals surface area contributed by atoms with Crippen LogP contribution in [0.4, 0.5) is 5.69 Å². The third kappa shape index (κ3) is 6.86.